The maximum Gasteiger partial charge on any atom is 0.387 e. The zero-order valence-corrected chi connectivity index (χ0v) is 18.3. The van der Waals surface area contributed by atoms with Crippen LogP contribution in [-0.4, -0.2) is 43.5 Å². The molecule has 0 radical (unpaired) electrons. The molecule has 1 amide bonds. The first-order chi connectivity index (χ1) is 15.0. The van der Waals surface area contributed by atoms with E-state index in [1.165, 1.54) is 48.1 Å². The van der Waals surface area contributed by atoms with Crippen LogP contribution in [0.4, 0.5) is 13.9 Å². The number of tetrazole rings is 1. The van der Waals surface area contributed by atoms with Gasteiger partial charge in [0.25, 0.3) is 0 Å². The van der Waals surface area contributed by atoms with Crippen molar-refractivity contribution in [2.45, 2.75) is 50.4 Å². The third-order valence-corrected chi connectivity index (χ3v) is 6.68. The van der Waals surface area contributed by atoms with E-state index in [0.717, 1.165) is 23.3 Å². The molecule has 2 aromatic heterocycles. The van der Waals surface area contributed by atoms with Gasteiger partial charge in [0.05, 0.1) is 17.5 Å². The van der Waals surface area contributed by atoms with Crippen LogP contribution in [0.15, 0.2) is 29.4 Å². The lowest BCUT2D eigenvalue weighted by Gasteiger charge is -2.10. The Morgan fingerprint density at radius 1 is 1.32 bits per heavy atom. The number of thiazole rings is 1. The number of hydrogen-bond donors (Lipinski definition) is 1. The summed E-state index contributed by atoms with van der Waals surface area (Å²) in [5.74, 6) is 0.0462. The van der Waals surface area contributed by atoms with Crippen LogP contribution in [0.3, 0.4) is 0 Å². The summed E-state index contributed by atoms with van der Waals surface area (Å²) >= 11 is 2.65. The first-order valence-corrected chi connectivity index (χ1v) is 11.5. The van der Waals surface area contributed by atoms with Crippen LogP contribution in [-0.2, 0) is 4.79 Å². The molecular formula is C19H20F2N6O2S2. The summed E-state index contributed by atoms with van der Waals surface area (Å²) in [6.07, 6.45) is 4.45. The number of thioether (sulfide) groups is 1. The van der Waals surface area contributed by atoms with Crippen molar-refractivity contribution >= 4 is 34.1 Å². The molecule has 0 aliphatic heterocycles. The number of nitrogens with one attached hydrogen (secondary N) is 1. The van der Waals surface area contributed by atoms with E-state index >= 15 is 0 Å². The van der Waals surface area contributed by atoms with Gasteiger partial charge in [-0.15, -0.1) is 16.4 Å². The Morgan fingerprint density at radius 2 is 2.06 bits per heavy atom. The van der Waals surface area contributed by atoms with Gasteiger partial charge in [-0.2, -0.15) is 8.78 Å². The Kier molecular flexibility index (Phi) is 6.76. The van der Waals surface area contributed by atoms with E-state index in [0.29, 0.717) is 22.0 Å². The number of carbonyl (C=O) groups excluding carboxylic acids is 1. The highest BCUT2D eigenvalue weighted by atomic mass is 32.2. The van der Waals surface area contributed by atoms with Crippen LogP contribution >= 0.6 is 23.1 Å². The average Bonchev–Trinajstić information content (AvgIpc) is 3.47. The molecule has 0 saturated heterocycles. The summed E-state index contributed by atoms with van der Waals surface area (Å²) in [6, 6.07) is 6.55. The Bertz CT molecular complexity index is 1030. The molecule has 164 valence electrons. The normalized spacial score (nSPS) is 14.3. The van der Waals surface area contributed by atoms with Gasteiger partial charge in [0.1, 0.15) is 5.75 Å². The predicted octanol–water partition coefficient (Wildman–Crippen LogP) is 4.55. The smallest absolute Gasteiger partial charge is 0.387 e. The van der Waals surface area contributed by atoms with E-state index in [9.17, 15) is 13.6 Å². The molecule has 4 rings (SSSR count). The molecule has 1 aliphatic carbocycles. The lowest BCUT2D eigenvalue weighted by atomic mass is 10.1. The van der Waals surface area contributed by atoms with Crippen molar-refractivity contribution in [3.8, 4) is 17.0 Å². The molecule has 12 heteroatoms. The van der Waals surface area contributed by atoms with Crippen LogP contribution < -0.4 is 10.1 Å². The number of amides is 1. The monoisotopic (exact) mass is 466 g/mol. The van der Waals surface area contributed by atoms with Gasteiger partial charge in [-0.25, -0.2) is 9.67 Å². The fraction of sp³-hybridized carbons (Fsp3) is 0.421. The fourth-order valence-corrected chi connectivity index (χ4v) is 5.05. The molecular weight excluding hydrogens is 446 g/mol. The van der Waals surface area contributed by atoms with Gasteiger partial charge in [-0.05, 0) is 54.5 Å². The second-order valence-electron chi connectivity index (χ2n) is 7.01. The number of rotatable bonds is 8. The molecule has 1 aromatic carbocycles. The molecule has 31 heavy (non-hydrogen) atoms. The van der Waals surface area contributed by atoms with Crippen molar-refractivity contribution in [2.75, 3.05) is 11.1 Å². The number of benzene rings is 1. The molecule has 0 unspecified atom stereocenters. The number of aromatic nitrogens is 5. The Balaban J connectivity index is 1.36. The fourth-order valence-electron chi connectivity index (χ4n) is 3.46. The first-order valence-electron chi connectivity index (χ1n) is 9.73. The largest absolute Gasteiger partial charge is 0.435 e. The molecule has 0 bridgehead atoms. The topological polar surface area (TPSA) is 94.8 Å². The van der Waals surface area contributed by atoms with E-state index in [4.69, 9.17) is 0 Å². The lowest BCUT2D eigenvalue weighted by Crippen LogP contribution is -2.15. The summed E-state index contributed by atoms with van der Waals surface area (Å²) < 4.78 is 30.8. The molecule has 1 fully saturated rings. The summed E-state index contributed by atoms with van der Waals surface area (Å²) in [4.78, 5) is 17.8. The molecule has 0 atom stereocenters. The van der Waals surface area contributed by atoms with E-state index < -0.39 is 6.61 Å². The predicted molar refractivity (Wildman–Crippen MR) is 114 cm³/mol. The highest BCUT2D eigenvalue weighted by molar-refractivity contribution is 7.99. The SMILES string of the molecule is Cc1sc(NC(=O)CSc2nnnn2C2CCCC2)nc1-c1ccc(OC(F)F)cc1. The molecule has 0 spiro atoms. The van der Waals surface area contributed by atoms with Gasteiger partial charge in [0.2, 0.25) is 11.1 Å². The van der Waals surface area contributed by atoms with Crippen molar-refractivity contribution in [3.05, 3.63) is 29.1 Å². The third kappa shape index (κ3) is 5.37. The second kappa shape index (κ2) is 9.69. The second-order valence-corrected chi connectivity index (χ2v) is 9.15. The lowest BCUT2D eigenvalue weighted by molar-refractivity contribution is -0.113. The van der Waals surface area contributed by atoms with Crippen LogP contribution in [0.2, 0.25) is 0 Å². The molecule has 1 N–H and O–H groups in total. The first kappa shape index (κ1) is 21.6. The quantitative estimate of drug-likeness (QED) is 0.487. The average molecular weight is 467 g/mol. The van der Waals surface area contributed by atoms with Crippen molar-refractivity contribution in [1.82, 2.24) is 25.2 Å². The van der Waals surface area contributed by atoms with Crippen LogP contribution in [0.1, 0.15) is 36.6 Å². The number of nitrogens with zero attached hydrogens (tertiary/aromatic N) is 5. The number of carbonyl (C=O) groups is 1. The molecule has 3 aromatic rings. The molecule has 1 saturated carbocycles. The summed E-state index contributed by atoms with van der Waals surface area (Å²) in [5.41, 5.74) is 1.43. The molecule has 2 heterocycles. The minimum Gasteiger partial charge on any atom is -0.435 e. The number of hydrogen-bond acceptors (Lipinski definition) is 8. The van der Waals surface area contributed by atoms with Crippen molar-refractivity contribution in [3.63, 3.8) is 0 Å². The van der Waals surface area contributed by atoms with E-state index in [-0.39, 0.29) is 17.4 Å². The van der Waals surface area contributed by atoms with Gasteiger partial charge >= 0.3 is 6.61 Å². The maximum absolute atomic E-state index is 12.4. The highest BCUT2D eigenvalue weighted by Gasteiger charge is 2.22. The highest BCUT2D eigenvalue weighted by Crippen LogP contribution is 2.33. The molecule has 8 nitrogen and oxygen atoms in total. The number of anilines is 1. The third-order valence-electron chi connectivity index (χ3n) is 4.86. The summed E-state index contributed by atoms with van der Waals surface area (Å²) in [7, 11) is 0. The maximum atomic E-state index is 12.4. The standard InChI is InChI=1S/C19H20F2N6O2S2/c1-11-16(12-6-8-14(9-7-12)29-17(20)21)23-18(31-11)22-15(28)10-30-19-24-25-26-27(19)13-4-2-3-5-13/h6-9,13,17H,2-5,10H2,1H3,(H,22,23,28). The summed E-state index contributed by atoms with van der Waals surface area (Å²) in [5, 5.41) is 15.8. The van der Waals surface area contributed by atoms with Crippen LogP contribution in [0.5, 0.6) is 5.75 Å². The number of alkyl halides is 2. The Labute approximate surface area is 185 Å². The van der Waals surface area contributed by atoms with Crippen molar-refractivity contribution in [1.29, 1.82) is 0 Å². The number of aryl methyl sites for hydroxylation is 1. The minimum atomic E-state index is -2.87. The van der Waals surface area contributed by atoms with Gasteiger partial charge in [0, 0.05) is 10.4 Å². The van der Waals surface area contributed by atoms with E-state index in [1.54, 1.807) is 12.1 Å². The van der Waals surface area contributed by atoms with Gasteiger partial charge in [-0.3, -0.25) is 4.79 Å². The van der Waals surface area contributed by atoms with Gasteiger partial charge < -0.3 is 10.1 Å². The van der Waals surface area contributed by atoms with E-state index in [1.807, 2.05) is 11.6 Å². The van der Waals surface area contributed by atoms with E-state index in [2.05, 4.69) is 30.6 Å². The van der Waals surface area contributed by atoms with Crippen molar-refractivity contribution < 1.29 is 18.3 Å². The Morgan fingerprint density at radius 3 is 2.77 bits per heavy atom. The number of ether oxygens (including phenoxy) is 1. The van der Waals surface area contributed by atoms with Crippen molar-refractivity contribution in [2.24, 2.45) is 0 Å². The van der Waals surface area contributed by atoms with Crippen LogP contribution in [0, 0.1) is 6.92 Å². The van der Waals surface area contributed by atoms with Crippen LogP contribution in [0.25, 0.3) is 11.3 Å². The zero-order chi connectivity index (χ0) is 21.8. The van der Waals surface area contributed by atoms with Gasteiger partial charge in [0.15, 0.2) is 5.13 Å². The van der Waals surface area contributed by atoms with Gasteiger partial charge in [-0.1, -0.05) is 24.6 Å². The Hall–Kier alpha value is -2.60. The number of halogens is 2. The molecule has 1 aliphatic rings. The zero-order valence-electron chi connectivity index (χ0n) is 16.6. The minimum absolute atomic E-state index is 0.0807. The summed E-state index contributed by atoms with van der Waals surface area (Å²) in [6.45, 7) is -0.981.